The first-order valence-corrected chi connectivity index (χ1v) is 10.7. The predicted octanol–water partition coefficient (Wildman–Crippen LogP) is 3.84. The molecule has 0 aliphatic heterocycles. The molecule has 0 N–H and O–H groups in total. The Balaban J connectivity index is 1.54. The molecule has 150 valence electrons. The molecule has 7 heteroatoms. The molecule has 0 spiro atoms. The first-order valence-electron chi connectivity index (χ1n) is 9.73. The first-order chi connectivity index (χ1) is 14.1. The van der Waals surface area contributed by atoms with Crippen LogP contribution in [0.4, 0.5) is 4.39 Å². The van der Waals surface area contributed by atoms with Crippen LogP contribution in [-0.2, 0) is 17.9 Å². The van der Waals surface area contributed by atoms with Crippen molar-refractivity contribution >= 4 is 28.6 Å². The molecular weight excluding hydrogens is 389 g/mol. The molecule has 0 unspecified atom stereocenters. The molecule has 4 rings (SSSR count). The van der Waals surface area contributed by atoms with Crippen molar-refractivity contribution in [3.63, 3.8) is 0 Å². The van der Waals surface area contributed by atoms with E-state index in [1.807, 2.05) is 19.1 Å². The highest BCUT2D eigenvalue weighted by Crippen LogP contribution is 2.30. The number of fused-ring (bicyclic) bond motifs is 1. The average molecular weight is 412 g/mol. The summed E-state index contributed by atoms with van der Waals surface area (Å²) in [6.07, 6.45) is 1.89. The number of rotatable bonds is 7. The minimum absolute atomic E-state index is 0.0641. The van der Waals surface area contributed by atoms with Gasteiger partial charge in [0.25, 0.3) is 5.56 Å². The third-order valence-electron chi connectivity index (χ3n) is 5.07. The summed E-state index contributed by atoms with van der Waals surface area (Å²) < 4.78 is 15.6. The van der Waals surface area contributed by atoms with E-state index in [4.69, 9.17) is 0 Å². The minimum atomic E-state index is -0.297. The molecule has 29 heavy (non-hydrogen) atoms. The van der Waals surface area contributed by atoms with E-state index in [2.05, 4.69) is 4.98 Å². The summed E-state index contributed by atoms with van der Waals surface area (Å²) in [7, 11) is 0. The lowest BCUT2D eigenvalue weighted by molar-refractivity contribution is -0.129. The van der Waals surface area contributed by atoms with Gasteiger partial charge in [-0.2, -0.15) is 0 Å². The number of hydrogen-bond donors (Lipinski definition) is 0. The maximum atomic E-state index is 14.0. The van der Waals surface area contributed by atoms with Crippen LogP contribution in [0.25, 0.3) is 10.9 Å². The Labute approximate surface area is 172 Å². The van der Waals surface area contributed by atoms with Gasteiger partial charge < -0.3 is 4.90 Å². The summed E-state index contributed by atoms with van der Waals surface area (Å²) in [6.45, 7) is 2.63. The Hall–Kier alpha value is -2.67. The highest BCUT2D eigenvalue weighted by Gasteiger charge is 2.33. The molecule has 1 fully saturated rings. The zero-order valence-corrected chi connectivity index (χ0v) is 17.0. The molecule has 0 radical (unpaired) electrons. The van der Waals surface area contributed by atoms with Crippen molar-refractivity contribution in [3.05, 3.63) is 70.3 Å². The van der Waals surface area contributed by atoms with Crippen molar-refractivity contribution in [2.45, 2.75) is 44.1 Å². The number of para-hydroxylation sites is 1. The quantitative estimate of drug-likeness (QED) is 0.438. The lowest BCUT2D eigenvalue weighted by Crippen LogP contribution is -2.34. The molecule has 1 amide bonds. The molecule has 2 aromatic carbocycles. The number of halogens is 1. The number of nitrogens with zero attached hydrogens (tertiary/aromatic N) is 3. The second-order valence-electron chi connectivity index (χ2n) is 7.09. The van der Waals surface area contributed by atoms with Gasteiger partial charge in [-0.05, 0) is 38.0 Å². The van der Waals surface area contributed by atoms with Gasteiger partial charge in [-0.1, -0.05) is 42.1 Å². The van der Waals surface area contributed by atoms with Crippen molar-refractivity contribution in [1.29, 1.82) is 0 Å². The second-order valence-corrected chi connectivity index (χ2v) is 8.04. The largest absolute Gasteiger partial charge is 0.335 e. The summed E-state index contributed by atoms with van der Waals surface area (Å²) in [5, 5.41) is 1.11. The number of carbonyl (C=O) groups is 1. The van der Waals surface area contributed by atoms with E-state index in [0.717, 1.165) is 12.8 Å². The maximum Gasteiger partial charge on any atom is 0.262 e. The third-order valence-corrected chi connectivity index (χ3v) is 6.04. The smallest absolute Gasteiger partial charge is 0.262 e. The number of thioether (sulfide) groups is 1. The Bertz CT molecular complexity index is 1110. The number of aromatic nitrogens is 2. The van der Waals surface area contributed by atoms with Crippen LogP contribution in [0.15, 0.2) is 58.5 Å². The molecule has 0 saturated heterocycles. The van der Waals surface area contributed by atoms with Gasteiger partial charge in [-0.15, -0.1) is 0 Å². The van der Waals surface area contributed by atoms with Crippen LogP contribution in [0, 0.1) is 5.82 Å². The summed E-state index contributed by atoms with van der Waals surface area (Å²) >= 11 is 1.26. The lowest BCUT2D eigenvalue weighted by Gasteiger charge is -2.23. The molecular formula is C22H22FN3O2S. The van der Waals surface area contributed by atoms with Crippen molar-refractivity contribution in [3.8, 4) is 0 Å². The van der Waals surface area contributed by atoms with Gasteiger partial charge in [0.15, 0.2) is 5.16 Å². The average Bonchev–Trinajstić information content (AvgIpc) is 3.57. The normalized spacial score (nSPS) is 13.6. The van der Waals surface area contributed by atoms with Crippen molar-refractivity contribution < 1.29 is 9.18 Å². The Morgan fingerprint density at radius 2 is 1.93 bits per heavy atom. The fraction of sp³-hybridized carbons (Fsp3) is 0.318. The summed E-state index contributed by atoms with van der Waals surface area (Å²) in [5.41, 5.74) is 1.05. The lowest BCUT2D eigenvalue weighted by atomic mass is 10.2. The molecule has 3 aromatic rings. The summed E-state index contributed by atoms with van der Waals surface area (Å²) in [6, 6.07) is 13.9. The molecule has 0 bridgehead atoms. The molecule has 1 heterocycles. The SMILES string of the molecule is CCn1c(SCC(=O)N(Cc2ccccc2F)C2CC2)nc2ccccc2c1=O. The van der Waals surface area contributed by atoms with Gasteiger partial charge in [0.1, 0.15) is 5.82 Å². The van der Waals surface area contributed by atoms with Crippen molar-refractivity contribution in [2.24, 2.45) is 0 Å². The Kier molecular flexibility index (Phi) is 5.67. The van der Waals surface area contributed by atoms with E-state index >= 15 is 0 Å². The van der Waals surface area contributed by atoms with Gasteiger partial charge in [-0.25, -0.2) is 9.37 Å². The highest BCUT2D eigenvalue weighted by molar-refractivity contribution is 7.99. The Morgan fingerprint density at radius 1 is 1.21 bits per heavy atom. The van der Waals surface area contributed by atoms with Crippen LogP contribution in [0.1, 0.15) is 25.3 Å². The second kappa shape index (κ2) is 8.37. The van der Waals surface area contributed by atoms with E-state index in [9.17, 15) is 14.0 Å². The van der Waals surface area contributed by atoms with Crippen LogP contribution >= 0.6 is 11.8 Å². The monoisotopic (exact) mass is 411 g/mol. The summed E-state index contributed by atoms with van der Waals surface area (Å²) in [4.78, 5) is 32.0. The molecule has 0 atom stereocenters. The van der Waals surface area contributed by atoms with Crippen molar-refractivity contribution in [2.75, 3.05) is 5.75 Å². The Morgan fingerprint density at radius 3 is 2.66 bits per heavy atom. The molecule has 1 saturated carbocycles. The zero-order valence-electron chi connectivity index (χ0n) is 16.2. The minimum Gasteiger partial charge on any atom is -0.335 e. The van der Waals surface area contributed by atoms with Crippen LogP contribution in [0.2, 0.25) is 0 Å². The van der Waals surface area contributed by atoms with Crippen LogP contribution < -0.4 is 5.56 Å². The standard InChI is InChI=1S/C22H22FN3O2S/c1-2-25-21(28)17-8-4-6-10-19(17)24-22(25)29-14-20(27)26(16-11-12-16)13-15-7-3-5-9-18(15)23/h3-10,16H,2,11-14H2,1H3. The van der Waals surface area contributed by atoms with Crippen LogP contribution in [0.5, 0.6) is 0 Å². The van der Waals surface area contributed by atoms with Gasteiger partial charge in [0.2, 0.25) is 5.91 Å². The van der Waals surface area contributed by atoms with Gasteiger partial charge >= 0.3 is 0 Å². The number of benzene rings is 2. The third kappa shape index (κ3) is 4.19. The molecule has 1 aliphatic carbocycles. The zero-order chi connectivity index (χ0) is 20.4. The molecule has 5 nitrogen and oxygen atoms in total. The van der Waals surface area contributed by atoms with Crippen molar-refractivity contribution in [1.82, 2.24) is 14.5 Å². The van der Waals surface area contributed by atoms with Gasteiger partial charge in [0, 0.05) is 24.7 Å². The number of carbonyl (C=O) groups excluding carboxylic acids is 1. The van der Waals surface area contributed by atoms with Gasteiger partial charge in [-0.3, -0.25) is 14.2 Å². The number of amides is 1. The number of hydrogen-bond acceptors (Lipinski definition) is 4. The van der Waals surface area contributed by atoms with Crippen LogP contribution in [-0.4, -0.2) is 32.2 Å². The highest BCUT2D eigenvalue weighted by atomic mass is 32.2. The van der Waals surface area contributed by atoms with Crippen LogP contribution in [0.3, 0.4) is 0 Å². The van der Waals surface area contributed by atoms with Gasteiger partial charge in [0.05, 0.1) is 16.7 Å². The van der Waals surface area contributed by atoms with E-state index < -0.39 is 0 Å². The van der Waals surface area contributed by atoms with E-state index in [-0.39, 0.29) is 35.6 Å². The fourth-order valence-corrected chi connectivity index (χ4v) is 4.31. The van der Waals surface area contributed by atoms with E-state index in [1.165, 1.54) is 17.8 Å². The maximum absolute atomic E-state index is 14.0. The first kappa shape index (κ1) is 19.6. The fourth-order valence-electron chi connectivity index (χ4n) is 3.36. The predicted molar refractivity (Wildman–Crippen MR) is 112 cm³/mol. The molecule has 1 aromatic heterocycles. The van der Waals surface area contributed by atoms with E-state index in [1.54, 1.807) is 39.8 Å². The molecule has 1 aliphatic rings. The summed E-state index contributed by atoms with van der Waals surface area (Å²) in [5.74, 6) is -0.198. The topological polar surface area (TPSA) is 55.2 Å². The van der Waals surface area contributed by atoms with E-state index in [0.29, 0.717) is 28.2 Å².